The van der Waals surface area contributed by atoms with Crippen LogP contribution in [0, 0.1) is 0 Å². The molecule has 20 heavy (non-hydrogen) atoms. The van der Waals surface area contributed by atoms with Crippen LogP contribution in [0.3, 0.4) is 0 Å². The molecule has 0 aromatic heterocycles. The van der Waals surface area contributed by atoms with Crippen LogP contribution in [0.25, 0.3) is 0 Å². The van der Waals surface area contributed by atoms with E-state index in [0.29, 0.717) is 18.2 Å². The lowest BCUT2D eigenvalue weighted by Gasteiger charge is -2.35. The van der Waals surface area contributed by atoms with Gasteiger partial charge in [0.15, 0.2) is 0 Å². The molecule has 2 rings (SSSR count). The molecule has 1 saturated carbocycles. The van der Waals surface area contributed by atoms with Crippen LogP contribution in [0.4, 0.5) is 0 Å². The number of ether oxygens (including phenoxy) is 2. The van der Waals surface area contributed by atoms with Crippen molar-refractivity contribution in [3.63, 3.8) is 0 Å². The Morgan fingerprint density at radius 2 is 1.50 bits per heavy atom. The maximum absolute atomic E-state index is 6.31. The molecule has 0 aromatic rings. The first kappa shape index (κ1) is 16.3. The normalized spacial score (nSPS) is 31.1. The summed E-state index contributed by atoms with van der Waals surface area (Å²) in [5.74, 6) is 0. The molecular formula is C17H33NO2. The lowest BCUT2D eigenvalue weighted by molar-refractivity contribution is -0.162. The van der Waals surface area contributed by atoms with Crippen molar-refractivity contribution < 1.29 is 9.47 Å². The minimum Gasteiger partial charge on any atom is -0.376 e. The Hall–Kier alpha value is -0.120. The second-order valence-corrected chi connectivity index (χ2v) is 6.40. The van der Waals surface area contributed by atoms with Crippen LogP contribution in [0.1, 0.15) is 71.1 Å². The fourth-order valence-corrected chi connectivity index (χ4v) is 3.36. The zero-order chi connectivity index (χ0) is 14.0. The summed E-state index contributed by atoms with van der Waals surface area (Å²) in [5.41, 5.74) is 0. The predicted octanol–water partition coefficient (Wildman–Crippen LogP) is 3.66. The topological polar surface area (TPSA) is 30.5 Å². The lowest BCUT2D eigenvalue weighted by atomic mass is 9.95. The molecule has 0 radical (unpaired) electrons. The van der Waals surface area contributed by atoms with Crippen molar-refractivity contribution in [3.05, 3.63) is 0 Å². The van der Waals surface area contributed by atoms with Crippen molar-refractivity contribution in [1.82, 2.24) is 5.32 Å². The Balaban J connectivity index is 1.86. The van der Waals surface area contributed by atoms with Crippen LogP contribution in [0.15, 0.2) is 0 Å². The molecule has 2 unspecified atom stereocenters. The van der Waals surface area contributed by atoms with Gasteiger partial charge < -0.3 is 14.8 Å². The number of likely N-dealkylation sites (N-methyl/N-ethyl adjacent to an activating group) is 1. The van der Waals surface area contributed by atoms with Crippen molar-refractivity contribution in [1.29, 1.82) is 0 Å². The predicted molar refractivity (Wildman–Crippen MR) is 83.1 cm³/mol. The highest BCUT2D eigenvalue weighted by Crippen LogP contribution is 2.22. The minimum atomic E-state index is 0.356. The average Bonchev–Trinajstić information content (AvgIpc) is 2.39. The smallest absolute Gasteiger partial charge is 0.105 e. The van der Waals surface area contributed by atoms with Crippen molar-refractivity contribution in [2.24, 2.45) is 0 Å². The van der Waals surface area contributed by atoms with Crippen LogP contribution in [0.5, 0.6) is 0 Å². The Morgan fingerprint density at radius 3 is 2.05 bits per heavy atom. The van der Waals surface area contributed by atoms with Crippen molar-refractivity contribution in [2.45, 2.75) is 89.4 Å². The third kappa shape index (κ3) is 5.71. The molecule has 3 nitrogen and oxygen atoms in total. The molecule has 1 aliphatic heterocycles. The summed E-state index contributed by atoms with van der Waals surface area (Å²) < 4.78 is 11.6. The van der Waals surface area contributed by atoms with E-state index >= 15 is 0 Å². The molecule has 1 saturated heterocycles. The molecule has 0 amide bonds. The van der Waals surface area contributed by atoms with Crippen molar-refractivity contribution in [2.75, 3.05) is 19.8 Å². The van der Waals surface area contributed by atoms with Crippen molar-refractivity contribution >= 4 is 0 Å². The van der Waals surface area contributed by atoms with Gasteiger partial charge in [0.1, 0.15) is 6.10 Å². The van der Waals surface area contributed by atoms with Crippen LogP contribution >= 0.6 is 0 Å². The Kier molecular flexibility index (Phi) is 7.92. The fraction of sp³-hybridized carbons (Fsp3) is 1.00. The van der Waals surface area contributed by atoms with E-state index in [0.717, 1.165) is 19.8 Å². The van der Waals surface area contributed by atoms with Gasteiger partial charge in [-0.2, -0.15) is 0 Å². The highest BCUT2D eigenvalue weighted by atomic mass is 16.6. The van der Waals surface area contributed by atoms with E-state index in [9.17, 15) is 0 Å². The molecule has 0 spiro atoms. The molecule has 3 heteroatoms. The zero-order valence-corrected chi connectivity index (χ0v) is 13.2. The van der Waals surface area contributed by atoms with Gasteiger partial charge in [0.25, 0.3) is 0 Å². The van der Waals surface area contributed by atoms with E-state index in [1.807, 2.05) is 0 Å². The molecule has 1 N–H and O–H groups in total. The largest absolute Gasteiger partial charge is 0.376 e. The Bertz CT molecular complexity index is 243. The lowest BCUT2D eigenvalue weighted by Crippen LogP contribution is -2.47. The molecular weight excluding hydrogens is 250 g/mol. The zero-order valence-electron chi connectivity index (χ0n) is 13.2. The number of hydrogen-bond donors (Lipinski definition) is 1. The van der Waals surface area contributed by atoms with E-state index in [1.165, 1.54) is 64.2 Å². The van der Waals surface area contributed by atoms with E-state index in [2.05, 4.69) is 12.2 Å². The number of rotatable bonds is 4. The summed E-state index contributed by atoms with van der Waals surface area (Å²) in [7, 11) is 0. The highest BCUT2D eigenvalue weighted by molar-refractivity contribution is 4.80. The maximum Gasteiger partial charge on any atom is 0.105 e. The average molecular weight is 283 g/mol. The fourth-order valence-electron chi connectivity index (χ4n) is 3.36. The third-order valence-electron chi connectivity index (χ3n) is 4.64. The summed E-state index contributed by atoms with van der Waals surface area (Å²) in [5, 5.41) is 3.67. The number of nitrogens with one attached hydrogen (secondary N) is 1. The Labute approximate surface area is 124 Å². The van der Waals surface area contributed by atoms with Gasteiger partial charge in [-0.05, 0) is 19.4 Å². The minimum absolute atomic E-state index is 0.356. The van der Waals surface area contributed by atoms with Gasteiger partial charge >= 0.3 is 0 Å². The molecule has 118 valence electrons. The molecule has 2 fully saturated rings. The molecule has 1 aliphatic carbocycles. The van der Waals surface area contributed by atoms with Crippen LogP contribution in [-0.2, 0) is 9.47 Å². The summed E-state index contributed by atoms with van der Waals surface area (Å²) in [6.45, 7) is 4.86. The van der Waals surface area contributed by atoms with Gasteiger partial charge in [0.05, 0.1) is 19.3 Å². The molecule has 1 heterocycles. The van der Waals surface area contributed by atoms with Gasteiger partial charge in [-0.1, -0.05) is 58.3 Å². The van der Waals surface area contributed by atoms with Crippen LogP contribution in [-0.4, -0.2) is 38.0 Å². The summed E-state index contributed by atoms with van der Waals surface area (Å²) >= 11 is 0. The van der Waals surface area contributed by atoms with Gasteiger partial charge in [-0.25, -0.2) is 0 Å². The highest BCUT2D eigenvalue weighted by Gasteiger charge is 2.28. The molecule has 0 bridgehead atoms. The van der Waals surface area contributed by atoms with E-state index < -0.39 is 0 Å². The standard InChI is InChI=1S/C17H33NO2/c1-2-18-16-11-9-7-5-3-4-6-8-10-12-17(16)20-15-13-19-14-15/h15-18H,2-14H2,1H3. The van der Waals surface area contributed by atoms with Gasteiger partial charge in [-0.15, -0.1) is 0 Å². The Morgan fingerprint density at radius 1 is 0.900 bits per heavy atom. The molecule has 2 aliphatic rings. The van der Waals surface area contributed by atoms with Gasteiger partial charge in [0.2, 0.25) is 0 Å². The maximum atomic E-state index is 6.31. The quantitative estimate of drug-likeness (QED) is 0.854. The first-order valence-electron chi connectivity index (χ1n) is 8.86. The monoisotopic (exact) mass is 283 g/mol. The summed E-state index contributed by atoms with van der Waals surface area (Å²) in [6.07, 6.45) is 14.4. The summed E-state index contributed by atoms with van der Waals surface area (Å²) in [4.78, 5) is 0. The molecule has 0 aromatic carbocycles. The number of hydrogen-bond acceptors (Lipinski definition) is 3. The first-order chi connectivity index (χ1) is 9.90. The van der Waals surface area contributed by atoms with Crippen LogP contribution < -0.4 is 5.32 Å². The second-order valence-electron chi connectivity index (χ2n) is 6.40. The van der Waals surface area contributed by atoms with Gasteiger partial charge in [0, 0.05) is 6.04 Å². The second kappa shape index (κ2) is 9.75. The van der Waals surface area contributed by atoms with E-state index in [-0.39, 0.29) is 0 Å². The van der Waals surface area contributed by atoms with Crippen LogP contribution in [0.2, 0.25) is 0 Å². The molecule has 2 atom stereocenters. The van der Waals surface area contributed by atoms with E-state index in [4.69, 9.17) is 9.47 Å². The first-order valence-corrected chi connectivity index (χ1v) is 8.86. The van der Waals surface area contributed by atoms with E-state index in [1.54, 1.807) is 0 Å². The van der Waals surface area contributed by atoms with Gasteiger partial charge in [-0.3, -0.25) is 0 Å². The SMILES string of the molecule is CCNC1CCCCCCCCCCC1OC1COC1. The summed E-state index contributed by atoms with van der Waals surface area (Å²) in [6, 6.07) is 0.542. The third-order valence-corrected chi connectivity index (χ3v) is 4.64. The van der Waals surface area contributed by atoms with Crippen molar-refractivity contribution in [3.8, 4) is 0 Å².